The standard InChI is InChI=1S/C41H50N6O7/c1-3-47(4-2)27-20-19-26-23-32(40(51)54-36(26)24-27)38(49)44-22-12-10-17-34(37(43)48)45-39(50)35(18-9-11-21-42)46-41(52)53-25-33-30-15-7-5-13-28(30)29-14-6-8-16-31(29)33/h5-8,13-16,19-20,23-24,33-35H,3-4,9-12,17-18,21-22,25,42H2,1-2H3,(H2,43,48)(H,44,49)(H,45,50)(H,46,52)/t34-,35-/m0/s1. The molecule has 0 bridgehead atoms. The molecule has 1 aliphatic rings. The number of nitrogens with zero attached hydrogens (tertiary/aromatic N) is 1. The zero-order chi connectivity index (χ0) is 38.6. The lowest BCUT2D eigenvalue weighted by Crippen LogP contribution is -2.53. The molecular formula is C41H50N6O7. The highest BCUT2D eigenvalue weighted by atomic mass is 16.5. The summed E-state index contributed by atoms with van der Waals surface area (Å²) < 4.78 is 11.1. The molecule has 286 valence electrons. The van der Waals surface area contributed by atoms with Crippen LogP contribution in [0.1, 0.15) is 79.8 Å². The van der Waals surface area contributed by atoms with Crippen LogP contribution in [-0.4, -0.2) is 68.7 Å². The lowest BCUT2D eigenvalue weighted by molar-refractivity contribution is -0.128. The number of hydrogen-bond acceptors (Lipinski definition) is 9. The van der Waals surface area contributed by atoms with Gasteiger partial charge in [-0.3, -0.25) is 14.4 Å². The minimum atomic E-state index is -1.01. The fourth-order valence-corrected chi connectivity index (χ4v) is 6.92. The third kappa shape index (κ3) is 9.64. The summed E-state index contributed by atoms with van der Waals surface area (Å²) in [5, 5.41) is 8.71. The summed E-state index contributed by atoms with van der Waals surface area (Å²) in [4.78, 5) is 66.5. The number of rotatable bonds is 19. The molecule has 0 aliphatic heterocycles. The van der Waals surface area contributed by atoms with Gasteiger partial charge in [0.25, 0.3) is 5.91 Å². The van der Waals surface area contributed by atoms with Gasteiger partial charge in [0.15, 0.2) is 0 Å². The van der Waals surface area contributed by atoms with Crippen molar-refractivity contribution in [2.45, 2.75) is 70.4 Å². The molecule has 0 saturated heterocycles. The topological polar surface area (TPSA) is 199 Å². The minimum absolute atomic E-state index is 0.0843. The number of alkyl carbamates (subject to hydrolysis) is 1. The van der Waals surface area contributed by atoms with Crippen LogP contribution in [0.4, 0.5) is 10.5 Å². The van der Waals surface area contributed by atoms with E-state index in [-0.39, 0.29) is 37.5 Å². The Morgan fingerprint density at radius 2 is 1.48 bits per heavy atom. The van der Waals surface area contributed by atoms with Gasteiger partial charge in [-0.05, 0) is 99.4 Å². The highest BCUT2D eigenvalue weighted by Crippen LogP contribution is 2.44. The molecule has 7 N–H and O–H groups in total. The second-order valence-corrected chi connectivity index (χ2v) is 13.4. The van der Waals surface area contributed by atoms with Crippen LogP contribution in [0.25, 0.3) is 22.1 Å². The number of nitrogens with two attached hydrogens (primary N) is 2. The zero-order valence-corrected chi connectivity index (χ0v) is 30.9. The van der Waals surface area contributed by atoms with Gasteiger partial charge in [0.2, 0.25) is 11.8 Å². The van der Waals surface area contributed by atoms with Crippen LogP contribution in [-0.2, 0) is 14.3 Å². The Morgan fingerprint density at radius 3 is 2.13 bits per heavy atom. The van der Waals surface area contributed by atoms with Crippen LogP contribution in [0.5, 0.6) is 0 Å². The van der Waals surface area contributed by atoms with Gasteiger partial charge >= 0.3 is 11.7 Å². The summed E-state index contributed by atoms with van der Waals surface area (Å²) >= 11 is 0. The summed E-state index contributed by atoms with van der Waals surface area (Å²) in [5.74, 6) is -2.01. The number of benzene rings is 3. The molecule has 13 heteroatoms. The maximum Gasteiger partial charge on any atom is 0.407 e. The van der Waals surface area contributed by atoms with E-state index < -0.39 is 41.5 Å². The molecule has 54 heavy (non-hydrogen) atoms. The average molecular weight is 739 g/mol. The minimum Gasteiger partial charge on any atom is -0.449 e. The normalized spacial score (nSPS) is 13.0. The van der Waals surface area contributed by atoms with Crippen LogP contribution in [0.2, 0.25) is 0 Å². The Labute approximate surface area is 314 Å². The van der Waals surface area contributed by atoms with Gasteiger partial charge in [0.05, 0.1) is 0 Å². The third-order valence-corrected chi connectivity index (χ3v) is 9.86. The number of ether oxygens (including phenoxy) is 1. The molecule has 2 atom stereocenters. The Kier molecular flexibility index (Phi) is 13.8. The van der Waals surface area contributed by atoms with E-state index in [0.29, 0.717) is 43.2 Å². The predicted octanol–water partition coefficient (Wildman–Crippen LogP) is 4.55. The van der Waals surface area contributed by atoms with Crippen molar-refractivity contribution in [3.63, 3.8) is 0 Å². The SMILES string of the molecule is CCN(CC)c1ccc2cc(C(=O)NCCCC[C@H](NC(=O)[C@H](CCCCN)NC(=O)OCC3c4ccccc4-c4ccccc43)C(N)=O)c(=O)oc2c1. The monoisotopic (exact) mass is 738 g/mol. The van der Waals surface area contributed by atoms with Crippen molar-refractivity contribution in [1.82, 2.24) is 16.0 Å². The van der Waals surface area contributed by atoms with E-state index in [4.69, 9.17) is 20.6 Å². The molecule has 4 amide bonds. The van der Waals surface area contributed by atoms with E-state index in [1.807, 2.05) is 74.5 Å². The van der Waals surface area contributed by atoms with Crippen LogP contribution in [0, 0.1) is 0 Å². The number of carbonyl (C=O) groups excluding carboxylic acids is 4. The smallest absolute Gasteiger partial charge is 0.407 e. The van der Waals surface area contributed by atoms with Crippen LogP contribution >= 0.6 is 0 Å². The maximum atomic E-state index is 13.4. The number of amides is 4. The molecule has 13 nitrogen and oxygen atoms in total. The lowest BCUT2D eigenvalue weighted by Gasteiger charge is -2.22. The molecule has 3 aromatic carbocycles. The molecule has 4 aromatic rings. The van der Waals surface area contributed by atoms with Crippen molar-refractivity contribution >= 4 is 40.5 Å². The molecule has 0 unspecified atom stereocenters. The molecule has 0 fully saturated rings. The number of anilines is 1. The van der Waals surface area contributed by atoms with Gasteiger partial charge in [-0.15, -0.1) is 0 Å². The summed E-state index contributed by atoms with van der Waals surface area (Å²) in [6, 6.07) is 21.0. The largest absolute Gasteiger partial charge is 0.449 e. The lowest BCUT2D eigenvalue weighted by atomic mass is 9.98. The van der Waals surface area contributed by atoms with E-state index in [2.05, 4.69) is 20.9 Å². The van der Waals surface area contributed by atoms with Crippen molar-refractivity contribution in [1.29, 1.82) is 0 Å². The predicted molar refractivity (Wildman–Crippen MR) is 208 cm³/mol. The summed E-state index contributed by atoms with van der Waals surface area (Å²) in [5.41, 5.74) is 16.1. The Balaban J connectivity index is 1.11. The van der Waals surface area contributed by atoms with Gasteiger partial charge in [-0.2, -0.15) is 0 Å². The van der Waals surface area contributed by atoms with Crippen molar-refractivity contribution in [2.24, 2.45) is 11.5 Å². The Morgan fingerprint density at radius 1 is 0.833 bits per heavy atom. The highest BCUT2D eigenvalue weighted by molar-refractivity contribution is 5.97. The molecule has 1 heterocycles. The molecule has 1 aromatic heterocycles. The van der Waals surface area contributed by atoms with Gasteiger partial charge in [-0.1, -0.05) is 48.5 Å². The number of carbonyl (C=O) groups is 4. The molecule has 5 rings (SSSR count). The van der Waals surface area contributed by atoms with Crippen LogP contribution in [0.15, 0.2) is 82.0 Å². The molecule has 0 radical (unpaired) electrons. The van der Waals surface area contributed by atoms with E-state index in [9.17, 15) is 24.0 Å². The summed E-state index contributed by atoms with van der Waals surface area (Å²) in [6.45, 7) is 6.40. The average Bonchev–Trinajstić information content (AvgIpc) is 3.49. The first-order valence-electron chi connectivity index (χ1n) is 18.7. The fourth-order valence-electron chi connectivity index (χ4n) is 6.92. The number of nitrogens with one attached hydrogen (secondary N) is 3. The quantitative estimate of drug-likeness (QED) is 0.0677. The summed E-state index contributed by atoms with van der Waals surface area (Å²) in [7, 11) is 0. The molecule has 1 aliphatic carbocycles. The second kappa shape index (κ2) is 18.9. The number of unbranched alkanes of at least 4 members (excludes halogenated alkanes) is 2. The first kappa shape index (κ1) is 39.5. The summed E-state index contributed by atoms with van der Waals surface area (Å²) in [6.07, 6.45) is 1.80. The van der Waals surface area contributed by atoms with Crippen molar-refractivity contribution in [2.75, 3.05) is 37.7 Å². The third-order valence-electron chi connectivity index (χ3n) is 9.86. The van der Waals surface area contributed by atoms with Gasteiger partial charge in [-0.25, -0.2) is 9.59 Å². The molecule has 0 spiro atoms. The Hall–Kier alpha value is -5.69. The Bertz CT molecular complexity index is 1960. The maximum absolute atomic E-state index is 13.4. The number of fused-ring (bicyclic) bond motifs is 4. The van der Waals surface area contributed by atoms with Gasteiger partial charge < -0.3 is 41.5 Å². The van der Waals surface area contributed by atoms with E-state index >= 15 is 0 Å². The van der Waals surface area contributed by atoms with E-state index in [0.717, 1.165) is 41.0 Å². The van der Waals surface area contributed by atoms with Crippen molar-refractivity contribution < 1.29 is 28.3 Å². The molecule has 0 saturated carbocycles. The van der Waals surface area contributed by atoms with Gasteiger partial charge in [0.1, 0.15) is 29.8 Å². The first-order chi connectivity index (χ1) is 26.1. The fraction of sp³-hybridized carbons (Fsp3) is 0.390. The number of hydrogen-bond donors (Lipinski definition) is 5. The second-order valence-electron chi connectivity index (χ2n) is 13.4. The first-order valence-corrected chi connectivity index (χ1v) is 18.7. The number of primary amides is 1. The van der Waals surface area contributed by atoms with E-state index in [1.165, 1.54) is 6.07 Å². The highest BCUT2D eigenvalue weighted by Gasteiger charge is 2.30. The van der Waals surface area contributed by atoms with Crippen LogP contribution in [0.3, 0.4) is 0 Å². The van der Waals surface area contributed by atoms with Gasteiger partial charge in [0, 0.05) is 42.7 Å². The zero-order valence-electron chi connectivity index (χ0n) is 30.9. The van der Waals surface area contributed by atoms with Crippen molar-refractivity contribution in [3.8, 4) is 11.1 Å². The van der Waals surface area contributed by atoms with E-state index in [1.54, 1.807) is 6.07 Å². The van der Waals surface area contributed by atoms with Crippen LogP contribution < -0.4 is 37.9 Å². The van der Waals surface area contributed by atoms with Crippen molar-refractivity contribution in [3.05, 3.63) is 99.9 Å². The molecular weight excluding hydrogens is 688 g/mol.